The summed E-state index contributed by atoms with van der Waals surface area (Å²) in [5.74, 6) is 0. The second-order valence-electron chi connectivity index (χ2n) is 5.57. The molecule has 0 spiro atoms. The van der Waals surface area contributed by atoms with Gasteiger partial charge in [0.2, 0.25) is 0 Å². The van der Waals surface area contributed by atoms with E-state index in [9.17, 15) is 14.4 Å². The van der Waals surface area contributed by atoms with E-state index < -0.39 is 18.2 Å². The van der Waals surface area contributed by atoms with Crippen LogP contribution in [0.3, 0.4) is 0 Å². The standard InChI is InChI=1S/C19H20Cl2N4O5/c1-3-29-18(27)24(15-9-5-13(20)6-10-15)22-17(26)23-25(19(28)30-4-2)16-11-7-14(21)8-12-16/h5-12H,3-4H2,1-2H3,(H2,22,23,26). The number of hydrogen-bond acceptors (Lipinski definition) is 5. The summed E-state index contributed by atoms with van der Waals surface area (Å²) in [6, 6.07) is 11.3. The molecule has 30 heavy (non-hydrogen) atoms. The van der Waals surface area contributed by atoms with Crippen LogP contribution in [0.5, 0.6) is 0 Å². The van der Waals surface area contributed by atoms with Gasteiger partial charge >= 0.3 is 18.2 Å². The number of ether oxygens (including phenoxy) is 2. The fourth-order valence-electron chi connectivity index (χ4n) is 2.22. The fraction of sp³-hybridized carbons (Fsp3) is 0.211. The van der Waals surface area contributed by atoms with Crippen molar-refractivity contribution in [2.24, 2.45) is 0 Å². The molecule has 2 aromatic rings. The summed E-state index contributed by atoms with van der Waals surface area (Å²) < 4.78 is 9.94. The molecule has 0 bridgehead atoms. The van der Waals surface area contributed by atoms with E-state index in [2.05, 4.69) is 10.9 Å². The summed E-state index contributed by atoms with van der Waals surface area (Å²) in [5.41, 5.74) is 5.26. The SMILES string of the molecule is CCOC(=O)N(NC(=O)NN(C(=O)OCC)c1ccc(Cl)cc1)c1ccc(Cl)cc1. The molecule has 0 aliphatic rings. The number of halogens is 2. The van der Waals surface area contributed by atoms with Gasteiger partial charge in [0.15, 0.2) is 0 Å². The van der Waals surface area contributed by atoms with Gasteiger partial charge in [0, 0.05) is 10.0 Å². The Hall–Kier alpha value is -3.17. The highest BCUT2D eigenvalue weighted by Crippen LogP contribution is 2.19. The predicted molar refractivity (Wildman–Crippen MR) is 114 cm³/mol. The minimum atomic E-state index is -0.902. The predicted octanol–water partition coefficient (Wildman–Crippen LogP) is 4.75. The molecule has 160 valence electrons. The molecule has 2 aromatic carbocycles. The van der Waals surface area contributed by atoms with E-state index in [0.29, 0.717) is 21.4 Å². The average molecular weight is 455 g/mol. The normalized spacial score (nSPS) is 10.0. The molecule has 0 fully saturated rings. The zero-order chi connectivity index (χ0) is 22.1. The summed E-state index contributed by atoms with van der Waals surface area (Å²) in [6.45, 7) is 3.43. The van der Waals surface area contributed by atoms with Crippen molar-refractivity contribution in [2.75, 3.05) is 23.2 Å². The molecule has 11 heteroatoms. The number of benzene rings is 2. The molecule has 0 unspecified atom stereocenters. The van der Waals surface area contributed by atoms with Gasteiger partial charge in [-0.05, 0) is 62.4 Å². The van der Waals surface area contributed by atoms with Crippen LogP contribution in [0.1, 0.15) is 13.8 Å². The third-order valence-electron chi connectivity index (χ3n) is 3.50. The van der Waals surface area contributed by atoms with Crippen molar-refractivity contribution in [3.05, 3.63) is 58.6 Å². The van der Waals surface area contributed by atoms with Gasteiger partial charge in [-0.15, -0.1) is 0 Å². The Labute approximate surface area is 183 Å². The van der Waals surface area contributed by atoms with E-state index in [0.717, 1.165) is 10.0 Å². The van der Waals surface area contributed by atoms with Crippen molar-refractivity contribution in [1.82, 2.24) is 10.9 Å². The molecule has 0 aromatic heterocycles. The van der Waals surface area contributed by atoms with E-state index >= 15 is 0 Å². The smallest absolute Gasteiger partial charge is 0.433 e. The minimum absolute atomic E-state index is 0.0892. The van der Waals surface area contributed by atoms with Crippen LogP contribution >= 0.6 is 23.2 Å². The number of nitrogens with one attached hydrogen (secondary N) is 2. The molecule has 0 atom stereocenters. The number of anilines is 2. The maximum absolute atomic E-state index is 12.6. The summed E-state index contributed by atoms with van der Waals surface area (Å²) in [7, 11) is 0. The molecular formula is C19H20Cl2N4O5. The van der Waals surface area contributed by atoms with E-state index in [4.69, 9.17) is 32.7 Å². The highest BCUT2D eigenvalue weighted by Gasteiger charge is 2.24. The quantitative estimate of drug-likeness (QED) is 0.649. The molecule has 0 heterocycles. The second kappa shape index (κ2) is 11.1. The van der Waals surface area contributed by atoms with Crippen molar-refractivity contribution in [2.45, 2.75) is 13.8 Å². The lowest BCUT2D eigenvalue weighted by Crippen LogP contribution is -2.56. The molecule has 2 N–H and O–H groups in total. The Balaban J connectivity index is 2.22. The lowest BCUT2D eigenvalue weighted by Gasteiger charge is -2.26. The molecule has 2 rings (SSSR count). The Morgan fingerprint density at radius 3 is 1.37 bits per heavy atom. The first kappa shape index (κ1) is 23.1. The minimum Gasteiger partial charge on any atom is -0.448 e. The average Bonchev–Trinajstić information content (AvgIpc) is 2.72. The second-order valence-corrected chi connectivity index (χ2v) is 6.45. The zero-order valence-corrected chi connectivity index (χ0v) is 17.7. The number of hydrogen-bond donors (Lipinski definition) is 2. The lowest BCUT2D eigenvalue weighted by molar-refractivity contribution is 0.154. The Kier molecular flexibility index (Phi) is 8.57. The van der Waals surface area contributed by atoms with Gasteiger partial charge in [-0.3, -0.25) is 0 Å². The van der Waals surface area contributed by atoms with Crippen LogP contribution in [0.25, 0.3) is 0 Å². The van der Waals surface area contributed by atoms with E-state index in [1.807, 2.05) is 0 Å². The van der Waals surface area contributed by atoms with Gasteiger partial charge < -0.3 is 9.47 Å². The zero-order valence-electron chi connectivity index (χ0n) is 16.2. The number of amides is 4. The van der Waals surface area contributed by atoms with Crippen LogP contribution < -0.4 is 20.9 Å². The van der Waals surface area contributed by atoms with E-state index in [1.165, 1.54) is 24.3 Å². The number of hydrazine groups is 2. The molecule has 0 aliphatic heterocycles. The number of rotatable bonds is 4. The highest BCUT2D eigenvalue weighted by molar-refractivity contribution is 6.31. The van der Waals surface area contributed by atoms with Crippen molar-refractivity contribution in [1.29, 1.82) is 0 Å². The largest absolute Gasteiger partial charge is 0.448 e. The fourth-order valence-corrected chi connectivity index (χ4v) is 2.47. The molecule has 0 saturated heterocycles. The first-order valence-corrected chi connectivity index (χ1v) is 9.63. The molecule has 4 amide bonds. The van der Waals surface area contributed by atoms with Gasteiger partial charge in [0.1, 0.15) is 0 Å². The first-order valence-electron chi connectivity index (χ1n) is 8.87. The van der Waals surface area contributed by atoms with Crippen LogP contribution in [0.2, 0.25) is 10.0 Å². The van der Waals surface area contributed by atoms with E-state index in [1.54, 1.807) is 38.1 Å². The monoisotopic (exact) mass is 454 g/mol. The van der Waals surface area contributed by atoms with Crippen molar-refractivity contribution in [3.63, 3.8) is 0 Å². The van der Waals surface area contributed by atoms with Gasteiger partial charge in [-0.25, -0.2) is 25.2 Å². The molecule has 0 saturated carbocycles. The van der Waals surface area contributed by atoms with Crippen LogP contribution in [0, 0.1) is 0 Å². The van der Waals surface area contributed by atoms with Crippen molar-refractivity contribution >= 4 is 52.8 Å². The Morgan fingerprint density at radius 1 is 0.733 bits per heavy atom. The third-order valence-corrected chi connectivity index (χ3v) is 4.00. The Morgan fingerprint density at radius 2 is 1.07 bits per heavy atom. The maximum atomic E-state index is 12.6. The number of carbonyl (C=O) groups is 3. The summed E-state index contributed by atoms with van der Waals surface area (Å²) in [5, 5.41) is 2.65. The summed E-state index contributed by atoms with van der Waals surface area (Å²) >= 11 is 11.7. The van der Waals surface area contributed by atoms with Gasteiger partial charge in [0.25, 0.3) is 0 Å². The topological polar surface area (TPSA) is 100 Å². The Bertz CT molecular complexity index is 806. The van der Waals surface area contributed by atoms with Crippen molar-refractivity contribution in [3.8, 4) is 0 Å². The molecular weight excluding hydrogens is 435 g/mol. The molecule has 0 radical (unpaired) electrons. The van der Waals surface area contributed by atoms with Crippen LogP contribution in [-0.4, -0.2) is 31.4 Å². The van der Waals surface area contributed by atoms with Gasteiger partial charge in [0.05, 0.1) is 24.6 Å². The third kappa shape index (κ3) is 6.43. The van der Waals surface area contributed by atoms with Crippen LogP contribution in [0.4, 0.5) is 25.8 Å². The molecule has 9 nitrogen and oxygen atoms in total. The number of nitrogens with zero attached hydrogens (tertiary/aromatic N) is 2. The van der Waals surface area contributed by atoms with Crippen molar-refractivity contribution < 1.29 is 23.9 Å². The van der Waals surface area contributed by atoms with Gasteiger partial charge in [-0.1, -0.05) is 23.2 Å². The lowest BCUT2D eigenvalue weighted by atomic mass is 10.3. The summed E-state index contributed by atoms with van der Waals surface area (Å²) in [6.07, 6.45) is -1.66. The van der Waals surface area contributed by atoms with E-state index in [-0.39, 0.29) is 13.2 Å². The summed E-state index contributed by atoms with van der Waals surface area (Å²) in [4.78, 5) is 37.2. The first-order chi connectivity index (χ1) is 14.3. The number of carbonyl (C=O) groups excluding carboxylic acids is 3. The maximum Gasteiger partial charge on any atom is 0.433 e. The van der Waals surface area contributed by atoms with Crippen LogP contribution in [0.15, 0.2) is 48.5 Å². The van der Waals surface area contributed by atoms with Gasteiger partial charge in [-0.2, -0.15) is 10.0 Å². The molecule has 0 aliphatic carbocycles. The number of urea groups is 1. The van der Waals surface area contributed by atoms with Crippen LogP contribution in [-0.2, 0) is 9.47 Å². The highest BCUT2D eigenvalue weighted by atomic mass is 35.5.